The average molecular weight is 525 g/mol. The number of carboxylic acid groups (broad SMARTS) is 1. The van der Waals surface area contributed by atoms with E-state index >= 15 is 0 Å². The van der Waals surface area contributed by atoms with Gasteiger partial charge in [0.25, 0.3) is 0 Å². The fourth-order valence-corrected chi connectivity index (χ4v) is 5.43. The summed E-state index contributed by atoms with van der Waals surface area (Å²) in [6.07, 6.45) is 1.10. The Balaban J connectivity index is 1.96. The summed E-state index contributed by atoms with van der Waals surface area (Å²) in [5.74, 6) is -10.8. The van der Waals surface area contributed by atoms with E-state index in [-0.39, 0.29) is 49.4 Å². The number of carbonyl (C=O) groups is 2. The molecule has 0 heterocycles. The van der Waals surface area contributed by atoms with Gasteiger partial charge in [0.2, 0.25) is 5.82 Å². The van der Waals surface area contributed by atoms with Crippen molar-refractivity contribution in [3.63, 3.8) is 0 Å². The highest BCUT2D eigenvalue weighted by molar-refractivity contribution is 5.69. The first-order valence-corrected chi connectivity index (χ1v) is 11.6. The predicted molar refractivity (Wildman–Crippen MR) is 119 cm³/mol. The number of benzene rings is 1. The van der Waals surface area contributed by atoms with Crippen molar-refractivity contribution in [2.24, 2.45) is 16.7 Å². The molecule has 12 heteroatoms. The van der Waals surface area contributed by atoms with Crippen molar-refractivity contribution in [3.05, 3.63) is 34.6 Å². The van der Waals surface area contributed by atoms with Crippen molar-refractivity contribution in [1.82, 2.24) is 10.2 Å². The number of ether oxygens (including phenoxy) is 1. The summed E-state index contributed by atoms with van der Waals surface area (Å²) in [5, 5.41) is 20.6. The SMILES string of the molecule is CC1(C)CC(CC(=O)OCCN(CCO)Cc2c(F)c(F)c(F)c(F)c2F)CC(C)(CNC(=O)O)C1. The first-order chi connectivity index (χ1) is 16.7. The normalized spacial score (nSPS) is 21.4. The van der Waals surface area contributed by atoms with E-state index in [1.54, 1.807) is 0 Å². The van der Waals surface area contributed by atoms with Crippen LogP contribution in [0, 0.1) is 45.8 Å². The van der Waals surface area contributed by atoms with Crippen molar-refractivity contribution >= 4 is 12.1 Å². The summed E-state index contributed by atoms with van der Waals surface area (Å²) in [5.41, 5.74) is -1.49. The van der Waals surface area contributed by atoms with E-state index in [4.69, 9.17) is 9.84 Å². The maximum atomic E-state index is 14.0. The van der Waals surface area contributed by atoms with Crippen LogP contribution in [0.4, 0.5) is 26.7 Å². The Morgan fingerprint density at radius 3 is 2.14 bits per heavy atom. The number of nitrogens with zero attached hydrogens (tertiary/aromatic N) is 1. The molecule has 2 rings (SSSR count). The number of nitrogens with one attached hydrogen (secondary N) is 1. The summed E-state index contributed by atoms with van der Waals surface area (Å²) in [6, 6.07) is 0. The molecule has 0 bridgehead atoms. The molecule has 1 amide bonds. The summed E-state index contributed by atoms with van der Waals surface area (Å²) >= 11 is 0. The molecule has 36 heavy (non-hydrogen) atoms. The number of aliphatic hydroxyl groups excluding tert-OH is 1. The Kier molecular flexibility index (Phi) is 10.1. The summed E-state index contributed by atoms with van der Waals surface area (Å²) in [6.45, 7) is 4.71. The molecule has 0 aromatic heterocycles. The highest BCUT2D eigenvalue weighted by Gasteiger charge is 2.42. The van der Waals surface area contributed by atoms with Crippen LogP contribution in [0.25, 0.3) is 0 Å². The van der Waals surface area contributed by atoms with Crippen LogP contribution in [0.15, 0.2) is 0 Å². The fraction of sp³-hybridized carbons (Fsp3) is 0.667. The van der Waals surface area contributed by atoms with Gasteiger partial charge in [-0.1, -0.05) is 20.8 Å². The van der Waals surface area contributed by atoms with Crippen molar-refractivity contribution in [3.8, 4) is 0 Å². The van der Waals surface area contributed by atoms with Crippen LogP contribution in [0.1, 0.15) is 52.0 Å². The van der Waals surface area contributed by atoms with Crippen LogP contribution >= 0.6 is 0 Å². The maximum absolute atomic E-state index is 14.0. The number of carbonyl (C=O) groups excluding carboxylic acids is 1. The predicted octanol–water partition coefficient (Wildman–Crippen LogP) is 4.21. The molecule has 1 fully saturated rings. The number of rotatable bonds is 11. The van der Waals surface area contributed by atoms with Gasteiger partial charge in [-0.3, -0.25) is 9.69 Å². The topological polar surface area (TPSA) is 99.1 Å². The van der Waals surface area contributed by atoms with E-state index in [9.17, 15) is 36.6 Å². The van der Waals surface area contributed by atoms with Gasteiger partial charge in [0, 0.05) is 38.2 Å². The second-order valence-corrected chi connectivity index (χ2v) is 10.6. The molecule has 1 aliphatic carbocycles. The summed E-state index contributed by atoms with van der Waals surface area (Å²) in [4.78, 5) is 24.6. The minimum atomic E-state index is -2.25. The lowest BCUT2D eigenvalue weighted by Crippen LogP contribution is -2.43. The van der Waals surface area contributed by atoms with Gasteiger partial charge >= 0.3 is 12.1 Å². The van der Waals surface area contributed by atoms with Gasteiger partial charge in [0.05, 0.1) is 6.61 Å². The highest BCUT2D eigenvalue weighted by Crippen LogP contribution is 2.49. The number of halogens is 5. The van der Waals surface area contributed by atoms with Gasteiger partial charge in [-0.15, -0.1) is 0 Å². The summed E-state index contributed by atoms with van der Waals surface area (Å²) in [7, 11) is 0. The third kappa shape index (κ3) is 8.02. The van der Waals surface area contributed by atoms with E-state index in [0.29, 0.717) is 6.42 Å². The van der Waals surface area contributed by atoms with Gasteiger partial charge in [-0.25, -0.2) is 26.7 Å². The summed E-state index contributed by atoms with van der Waals surface area (Å²) < 4.78 is 73.5. The van der Waals surface area contributed by atoms with E-state index < -0.39 is 59.9 Å². The molecule has 3 N–H and O–H groups in total. The molecule has 0 spiro atoms. The molecule has 1 saturated carbocycles. The van der Waals surface area contributed by atoms with Crippen LogP contribution < -0.4 is 5.32 Å². The monoisotopic (exact) mass is 524 g/mol. The van der Waals surface area contributed by atoms with Gasteiger partial charge in [-0.05, 0) is 36.0 Å². The second-order valence-electron chi connectivity index (χ2n) is 10.6. The van der Waals surface area contributed by atoms with Crippen molar-refractivity contribution < 1.29 is 46.5 Å². The minimum absolute atomic E-state index is 0.0521. The maximum Gasteiger partial charge on any atom is 0.404 e. The third-order valence-electron chi connectivity index (χ3n) is 6.42. The van der Waals surface area contributed by atoms with Crippen molar-refractivity contribution in [2.75, 3.05) is 32.8 Å². The number of hydrogen-bond acceptors (Lipinski definition) is 5. The lowest BCUT2D eigenvalue weighted by molar-refractivity contribution is -0.146. The Bertz CT molecular complexity index is 932. The number of amides is 1. The van der Waals surface area contributed by atoms with Gasteiger partial charge in [-0.2, -0.15) is 0 Å². The third-order valence-corrected chi connectivity index (χ3v) is 6.42. The van der Waals surface area contributed by atoms with Crippen molar-refractivity contribution in [2.45, 2.75) is 53.0 Å². The number of hydrogen-bond donors (Lipinski definition) is 3. The molecule has 7 nitrogen and oxygen atoms in total. The fourth-order valence-electron chi connectivity index (χ4n) is 5.43. The molecular formula is C24H33F5N2O5. The Morgan fingerprint density at radius 1 is 1.00 bits per heavy atom. The molecule has 2 atom stereocenters. The molecule has 204 valence electrons. The zero-order valence-electron chi connectivity index (χ0n) is 20.6. The van der Waals surface area contributed by atoms with Crippen LogP contribution in [0.5, 0.6) is 0 Å². The zero-order valence-corrected chi connectivity index (χ0v) is 20.6. The molecule has 1 aromatic rings. The standard InChI is InChI=1S/C24H33F5N2O5/c1-23(2)9-14(10-24(3,12-23)13-30-22(34)35)8-16(33)36-7-5-31(4-6-32)11-15-17(25)19(27)21(29)20(28)18(15)26/h14,30,32H,4-13H2,1-3H3,(H,34,35). The van der Waals surface area contributed by atoms with E-state index in [1.165, 1.54) is 4.90 Å². The zero-order chi connectivity index (χ0) is 27.3. The molecule has 0 aliphatic heterocycles. The van der Waals surface area contributed by atoms with Crippen LogP contribution in [0.2, 0.25) is 0 Å². The van der Waals surface area contributed by atoms with Gasteiger partial charge in [0.1, 0.15) is 6.61 Å². The van der Waals surface area contributed by atoms with Gasteiger partial charge in [0.15, 0.2) is 23.3 Å². The minimum Gasteiger partial charge on any atom is -0.465 e. The van der Waals surface area contributed by atoms with Crippen LogP contribution in [-0.4, -0.2) is 60.0 Å². The Morgan fingerprint density at radius 2 is 1.58 bits per heavy atom. The van der Waals surface area contributed by atoms with E-state index in [1.807, 2.05) is 6.92 Å². The molecule has 1 aliphatic rings. The number of aliphatic hydroxyl groups is 1. The highest BCUT2D eigenvalue weighted by atomic mass is 19.2. The molecule has 2 unspecified atom stereocenters. The molecule has 1 aromatic carbocycles. The number of esters is 1. The largest absolute Gasteiger partial charge is 0.465 e. The second kappa shape index (κ2) is 12.2. The van der Waals surface area contributed by atoms with Crippen LogP contribution in [0.3, 0.4) is 0 Å². The average Bonchev–Trinajstić information content (AvgIpc) is 2.76. The van der Waals surface area contributed by atoms with E-state index in [2.05, 4.69) is 19.2 Å². The quantitative estimate of drug-likeness (QED) is 0.174. The van der Waals surface area contributed by atoms with Crippen LogP contribution in [-0.2, 0) is 16.1 Å². The smallest absolute Gasteiger partial charge is 0.404 e. The first kappa shape index (κ1) is 29.8. The molecule has 0 saturated heterocycles. The van der Waals surface area contributed by atoms with E-state index in [0.717, 1.165) is 12.8 Å². The lowest BCUT2D eigenvalue weighted by Gasteiger charge is -2.46. The Hall–Kier alpha value is -2.47. The van der Waals surface area contributed by atoms with Crippen molar-refractivity contribution in [1.29, 1.82) is 0 Å². The van der Waals surface area contributed by atoms with Gasteiger partial charge < -0.3 is 20.3 Å². The molecular weight excluding hydrogens is 491 g/mol. The Labute approximate surface area is 206 Å². The molecule has 0 radical (unpaired) electrons. The first-order valence-electron chi connectivity index (χ1n) is 11.6. The lowest BCUT2D eigenvalue weighted by atomic mass is 9.60.